The first-order valence-electron chi connectivity index (χ1n) is 5.49. The summed E-state index contributed by atoms with van der Waals surface area (Å²) in [6.07, 6.45) is 1.82. The molecule has 0 saturated heterocycles. The molecule has 2 rings (SSSR count). The fraction of sp³-hybridized carbons (Fsp3) is 0.250. The number of nitro groups is 1. The molecule has 0 atom stereocenters. The molecule has 1 aromatic heterocycles. The fourth-order valence-corrected chi connectivity index (χ4v) is 2.27. The topological polar surface area (TPSA) is 68.1 Å². The monoisotopic (exact) mass is 263 g/mol. The molecule has 0 spiro atoms. The molecule has 1 aromatic carbocycles. The van der Waals surface area contributed by atoms with Crippen molar-refractivity contribution in [3.8, 4) is 0 Å². The quantitative estimate of drug-likeness (QED) is 0.665. The molecule has 0 amide bonds. The van der Waals surface area contributed by atoms with E-state index >= 15 is 0 Å². The summed E-state index contributed by atoms with van der Waals surface area (Å²) in [5.41, 5.74) is 3.63. The van der Waals surface area contributed by atoms with Gasteiger partial charge in [0.05, 0.1) is 10.4 Å². The second-order valence-electron chi connectivity index (χ2n) is 3.89. The number of hydrogen-bond donors (Lipinski definition) is 1. The molecule has 1 N–H and O–H groups in total. The Bertz CT molecular complexity index is 540. The number of nitrogens with one attached hydrogen (secondary N) is 1. The zero-order chi connectivity index (χ0) is 13.0. The van der Waals surface area contributed by atoms with Gasteiger partial charge in [0.15, 0.2) is 0 Å². The standard InChI is InChI=1S/C12H13N3O2S/c1-9-10(3-2-4-12(9)15(16)17)5-13-6-11-7-14-8-18-11/h2-4,7-8,13H,5-6H2,1H3. The van der Waals surface area contributed by atoms with Crippen molar-refractivity contribution in [1.29, 1.82) is 0 Å². The Hall–Kier alpha value is -1.79. The SMILES string of the molecule is Cc1c(CNCc2cncs2)cccc1[N+](=O)[O-]. The highest BCUT2D eigenvalue weighted by Crippen LogP contribution is 2.20. The lowest BCUT2D eigenvalue weighted by atomic mass is 10.1. The predicted molar refractivity (Wildman–Crippen MR) is 70.5 cm³/mol. The van der Waals surface area contributed by atoms with Gasteiger partial charge in [0.2, 0.25) is 0 Å². The normalized spacial score (nSPS) is 10.5. The van der Waals surface area contributed by atoms with E-state index in [4.69, 9.17) is 0 Å². The summed E-state index contributed by atoms with van der Waals surface area (Å²) < 4.78 is 0. The molecule has 0 bridgehead atoms. The van der Waals surface area contributed by atoms with Crippen LogP contribution >= 0.6 is 11.3 Å². The summed E-state index contributed by atoms with van der Waals surface area (Å²) in [5.74, 6) is 0. The molecule has 0 saturated carbocycles. The lowest BCUT2D eigenvalue weighted by Gasteiger charge is -2.07. The van der Waals surface area contributed by atoms with Crippen LogP contribution < -0.4 is 5.32 Å². The second-order valence-corrected chi connectivity index (χ2v) is 4.86. The molecular weight excluding hydrogens is 250 g/mol. The first-order valence-corrected chi connectivity index (χ1v) is 6.37. The minimum absolute atomic E-state index is 0.173. The van der Waals surface area contributed by atoms with Gasteiger partial charge < -0.3 is 5.32 Å². The number of thiazole rings is 1. The van der Waals surface area contributed by atoms with Gasteiger partial charge in [-0.3, -0.25) is 15.1 Å². The molecule has 0 aliphatic heterocycles. The third kappa shape index (κ3) is 2.91. The molecule has 6 heteroatoms. The zero-order valence-electron chi connectivity index (χ0n) is 9.92. The smallest absolute Gasteiger partial charge is 0.272 e. The summed E-state index contributed by atoms with van der Waals surface area (Å²) >= 11 is 1.59. The van der Waals surface area contributed by atoms with Gasteiger partial charge in [0, 0.05) is 35.8 Å². The average molecular weight is 263 g/mol. The minimum atomic E-state index is -0.345. The molecule has 0 unspecified atom stereocenters. The van der Waals surface area contributed by atoms with Crippen molar-refractivity contribution in [3.05, 3.63) is 56.0 Å². The van der Waals surface area contributed by atoms with Crippen molar-refractivity contribution in [2.45, 2.75) is 20.0 Å². The molecule has 94 valence electrons. The summed E-state index contributed by atoms with van der Waals surface area (Å²) in [7, 11) is 0. The molecular formula is C12H13N3O2S. The Morgan fingerprint density at radius 1 is 1.44 bits per heavy atom. The van der Waals surface area contributed by atoms with E-state index in [9.17, 15) is 10.1 Å². The number of hydrogen-bond acceptors (Lipinski definition) is 5. The van der Waals surface area contributed by atoms with Crippen LogP contribution in [0.1, 0.15) is 16.0 Å². The van der Waals surface area contributed by atoms with Crippen molar-refractivity contribution < 1.29 is 4.92 Å². The Labute approximate surface area is 109 Å². The van der Waals surface area contributed by atoms with Gasteiger partial charge in [-0.2, -0.15) is 0 Å². The summed E-state index contributed by atoms with van der Waals surface area (Å²) in [4.78, 5) is 15.6. The van der Waals surface area contributed by atoms with Crippen LogP contribution in [-0.2, 0) is 13.1 Å². The Balaban J connectivity index is 2.01. The van der Waals surface area contributed by atoms with Crippen LogP contribution in [0.3, 0.4) is 0 Å². The van der Waals surface area contributed by atoms with Crippen molar-refractivity contribution >= 4 is 17.0 Å². The van der Waals surface area contributed by atoms with Gasteiger partial charge in [0.25, 0.3) is 5.69 Å². The van der Waals surface area contributed by atoms with Crippen molar-refractivity contribution in [3.63, 3.8) is 0 Å². The van der Waals surface area contributed by atoms with Crippen LogP contribution in [0.25, 0.3) is 0 Å². The second kappa shape index (κ2) is 5.70. The summed E-state index contributed by atoms with van der Waals surface area (Å²) in [6.45, 7) is 3.13. The van der Waals surface area contributed by atoms with Crippen LogP contribution in [0.2, 0.25) is 0 Å². The molecule has 2 aromatic rings. The van der Waals surface area contributed by atoms with E-state index in [1.807, 2.05) is 12.3 Å². The fourth-order valence-electron chi connectivity index (χ4n) is 1.71. The van der Waals surface area contributed by atoms with E-state index in [0.29, 0.717) is 6.54 Å². The zero-order valence-corrected chi connectivity index (χ0v) is 10.7. The van der Waals surface area contributed by atoms with E-state index in [1.54, 1.807) is 29.8 Å². The van der Waals surface area contributed by atoms with Gasteiger partial charge in [-0.25, -0.2) is 0 Å². The van der Waals surface area contributed by atoms with Crippen LogP contribution in [0.4, 0.5) is 5.69 Å². The van der Waals surface area contributed by atoms with Gasteiger partial charge in [-0.05, 0) is 12.5 Å². The third-order valence-corrected chi connectivity index (χ3v) is 3.49. The highest BCUT2D eigenvalue weighted by atomic mass is 32.1. The largest absolute Gasteiger partial charge is 0.308 e. The third-order valence-electron chi connectivity index (χ3n) is 2.71. The van der Waals surface area contributed by atoms with Crippen LogP contribution in [0, 0.1) is 17.0 Å². The van der Waals surface area contributed by atoms with Crippen LogP contribution in [0.5, 0.6) is 0 Å². The van der Waals surface area contributed by atoms with Gasteiger partial charge in [-0.1, -0.05) is 12.1 Å². The van der Waals surface area contributed by atoms with E-state index in [2.05, 4.69) is 10.3 Å². The van der Waals surface area contributed by atoms with Crippen molar-refractivity contribution in [2.75, 3.05) is 0 Å². The molecule has 0 radical (unpaired) electrons. The van der Waals surface area contributed by atoms with Gasteiger partial charge in [-0.15, -0.1) is 11.3 Å². The molecule has 0 aliphatic carbocycles. The van der Waals surface area contributed by atoms with Crippen molar-refractivity contribution in [2.24, 2.45) is 0 Å². The Morgan fingerprint density at radius 2 is 2.28 bits per heavy atom. The highest BCUT2D eigenvalue weighted by molar-refractivity contribution is 7.09. The lowest BCUT2D eigenvalue weighted by Crippen LogP contribution is -2.13. The number of aromatic nitrogens is 1. The summed E-state index contributed by atoms with van der Waals surface area (Å²) in [5, 5.41) is 14.1. The minimum Gasteiger partial charge on any atom is -0.308 e. The lowest BCUT2D eigenvalue weighted by molar-refractivity contribution is -0.385. The van der Waals surface area contributed by atoms with Crippen LogP contribution in [0.15, 0.2) is 29.9 Å². The van der Waals surface area contributed by atoms with E-state index in [-0.39, 0.29) is 10.6 Å². The first-order chi connectivity index (χ1) is 8.68. The Kier molecular flexibility index (Phi) is 4.01. The van der Waals surface area contributed by atoms with Gasteiger partial charge in [0.1, 0.15) is 0 Å². The summed E-state index contributed by atoms with van der Waals surface area (Å²) in [6, 6.07) is 5.15. The molecule has 18 heavy (non-hydrogen) atoms. The molecule has 0 fully saturated rings. The number of rotatable bonds is 5. The Morgan fingerprint density at radius 3 is 2.94 bits per heavy atom. The molecule has 1 heterocycles. The van der Waals surface area contributed by atoms with Crippen LogP contribution in [-0.4, -0.2) is 9.91 Å². The van der Waals surface area contributed by atoms with E-state index in [1.165, 1.54) is 6.07 Å². The number of nitrogens with zero attached hydrogens (tertiary/aromatic N) is 2. The van der Waals surface area contributed by atoms with E-state index in [0.717, 1.165) is 22.5 Å². The van der Waals surface area contributed by atoms with Crippen molar-refractivity contribution in [1.82, 2.24) is 10.3 Å². The number of benzene rings is 1. The maximum absolute atomic E-state index is 10.8. The molecule has 5 nitrogen and oxygen atoms in total. The van der Waals surface area contributed by atoms with Gasteiger partial charge >= 0.3 is 0 Å². The maximum atomic E-state index is 10.8. The first kappa shape index (κ1) is 12.7. The number of nitro benzene ring substituents is 1. The highest BCUT2D eigenvalue weighted by Gasteiger charge is 2.12. The predicted octanol–water partition coefficient (Wildman–Crippen LogP) is 2.65. The maximum Gasteiger partial charge on any atom is 0.272 e. The molecule has 0 aliphatic rings. The average Bonchev–Trinajstić information content (AvgIpc) is 2.84. The van der Waals surface area contributed by atoms with E-state index < -0.39 is 0 Å².